The van der Waals surface area contributed by atoms with E-state index in [1.807, 2.05) is 36.4 Å². The number of ether oxygens (including phenoxy) is 1. The zero-order valence-corrected chi connectivity index (χ0v) is 12.6. The number of rotatable bonds is 6. The van der Waals surface area contributed by atoms with Gasteiger partial charge in [0.2, 0.25) is 0 Å². The van der Waals surface area contributed by atoms with Crippen LogP contribution in [0.1, 0.15) is 20.3 Å². The molecule has 2 rings (SSSR count). The molecule has 0 saturated heterocycles. The smallest absolute Gasteiger partial charge is 0.123 e. The van der Waals surface area contributed by atoms with Gasteiger partial charge < -0.3 is 16.2 Å². The lowest BCUT2D eigenvalue weighted by Crippen LogP contribution is -2.29. The summed E-state index contributed by atoms with van der Waals surface area (Å²) in [6, 6.07) is 11.8. The van der Waals surface area contributed by atoms with Crippen LogP contribution in [-0.4, -0.2) is 17.6 Å². The number of anilines is 1. The molecule has 2 aromatic rings. The van der Waals surface area contributed by atoms with Gasteiger partial charge in [-0.1, -0.05) is 26.0 Å². The second-order valence-corrected chi connectivity index (χ2v) is 5.69. The first-order valence-electron chi connectivity index (χ1n) is 7.25. The standard InChI is InChI=1S/C17H23N3O/c1-12(2)9-15(18)11-21-16-5-3-13(4-6-16)14-7-8-20-17(19)10-14/h3-8,10,12,15H,9,11,18H2,1-2H3,(H2,19,20)/t15-/m0/s1. The molecule has 0 radical (unpaired) electrons. The molecule has 0 aliphatic heterocycles. The number of nitrogen functional groups attached to an aromatic ring is 1. The Labute approximate surface area is 126 Å². The summed E-state index contributed by atoms with van der Waals surface area (Å²) < 4.78 is 5.72. The Morgan fingerprint density at radius 1 is 1.10 bits per heavy atom. The van der Waals surface area contributed by atoms with Crippen molar-refractivity contribution in [1.29, 1.82) is 0 Å². The van der Waals surface area contributed by atoms with Crippen LogP contribution in [0.5, 0.6) is 5.75 Å². The van der Waals surface area contributed by atoms with Gasteiger partial charge in [0.15, 0.2) is 0 Å². The summed E-state index contributed by atoms with van der Waals surface area (Å²) in [5.41, 5.74) is 13.8. The Kier molecular flexibility index (Phi) is 5.17. The highest BCUT2D eigenvalue weighted by Crippen LogP contribution is 2.23. The number of benzene rings is 1. The highest BCUT2D eigenvalue weighted by molar-refractivity contribution is 5.66. The molecule has 0 aliphatic rings. The summed E-state index contributed by atoms with van der Waals surface area (Å²) in [7, 11) is 0. The topological polar surface area (TPSA) is 74.2 Å². The SMILES string of the molecule is CC(C)C[C@H](N)COc1ccc(-c2ccnc(N)c2)cc1. The fourth-order valence-electron chi connectivity index (χ4n) is 2.25. The van der Waals surface area contributed by atoms with Gasteiger partial charge in [0.1, 0.15) is 18.2 Å². The van der Waals surface area contributed by atoms with Crippen LogP contribution in [0.3, 0.4) is 0 Å². The van der Waals surface area contributed by atoms with E-state index >= 15 is 0 Å². The normalized spacial score (nSPS) is 12.4. The Bertz CT molecular complexity index is 567. The molecule has 1 aromatic carbocycles. The summed E-state index contributed by atoms with van der Waals surface area (Å²) in [6.07, 6.45) is 2.67. The minimum Gasteiger partial charge on any atom is -0.492 e. The molecule has 0 saturated carbocycles. The molecule has 0 aliphatic carbocycles. The summed E-state index contributed by atoms with van der Waals surface area (Å²) in [6.45, 7) is 4.86. The molecule has 21 heavy (non-hydrogen) atoms. The Morgan fingerprint density at radius 2 is 1.81 bits per heavy atom. The van der Waals surface area contributed by atoms with Crippen LogP contribution in [0, 0.1) is 5.92 Å². The van der Waals surface area contributed by atoms with Crippen molar-refractivity contribution in [3.63, 3.8) is 0 Å². The van der Waals surface area contributed by atoms with E-state index in [4.69, 9.17) is 16.2 Å². The maximum absolute atomic E-state index is 6.01. The first-order valence-corrected chi connectivity index (χ1v) is 7.25. The lowest BCUT2D eigenvalue weighted by atomic mass is 10.1. The van der Waals surface area contributed by atoms with Gasteiger partial charge in [-0.25, -0.2) is 4.98 Å². The van der Waals surface area contributed by atoms with E-state index in [1.165, 1.54) is 0 Å². The fourth-order valence-corrected chi connectivity index (χ4v) is 2.25. The molecule has 0 fully saturated rings. The molecular formula is C17H23N3O. The number of hydrogen-bond acceptors (Lipinski definition) is 4. The van der Waals surface area contributed by atoms with Gasteiger partial charge in [-0.3, -0.25) is 0 Å². The number of pyridine rings is 1. The first kappa shape index (κ1) is 15.3. The summed E-state index contributed by atoms with van der Waals surface area (Å²) in [4.78, 5) is 3.99. The van der Waals surface area contributed by atoms with Crippen molar-refractivity contribution in [2.24, 2.45) is 11.7 Å². The molecule has 1 aromatic heterocycles. The third-order valence-corrected chi connectivity index (χ3v) is 3.21. The van der Waals surface area contributed by atoms with Crippen LogP contribution in [-0.2, 0) is 0 Å². The van der Waals surface area contributed by atoms with Crippen LogP contribution < -0.4 is 16.2 Å². The van der Waals surface area contributed by atoms with Gasteiger partial charge in [0, 0.05) is 12.2 Å². The van der Waals surface area contributed by atoms with Crippen molar-refractivity contribution < 1.29 is 4.74 Å². The van der Waals surface area contributed by atoms with Crippen molar-refractivity contribution >= 4 is 5.82 Å². The molecular weight excluding hydrogens is 262 g/mol. The van der Waals surface area contributed by atoms with Gasteiger partial charge >= 0.3 is 0 Å². The van der Waals surface area contributed by atoms with Crippen molar-refractivity contribution in [2.75, 3.05) is 12.3 Å². The molecule has 1 heterocycles. The van der Waals surface area contributed by atoms with Crippen LogP contribution in [0.2, 0.25) is 0 Å². The zero-order chi connectivity index (χ0) is 15.2. The summed E-state index contributed by atoms with van der Waals surface area (Å²) in [5, 5.41) is 0. The first-order chi connectivity index (χ1) is 10.0. The van der Waals surface area contributed by atoms with Crippen LogP contribution >= 0.6 is 0 Å². The molecule has 0 amide bonds. The van der Waals surface area contributed by atoms with Gasteiger partial charge in [-0.2, -0.15) is 0 Å². The number of nitrogens with two attached hydrogens (primary N) is 2. The molecule has 4 heteroatoms. The molecule has 0 spiro atoms. The van der Waals surface area contributed by atoms with Crippen LogP contribution in [0.15, 0.2) is 42.6 Å². The monoisotopic (exact) mass is 285 g/mol. The van der Waals surface area contributed by atoms with E-state index in [-0.39, 0.29) is 6.04 Å². The molecule has 112 valence electrons. The Hall–Kier alpha value is -2.07. The molecule has 0 bridgehead atoms. The minimum absolute atomic E-state index is 0.0738. The van der Waals surface area contributed by atoms with E-state index in [0.29, 0.717) is 18.3 Å². The van der Waals surface area contributed by atoms with E-state index in [1.54, 1.807) is 6.20 Å². The average Bonchev–Trinajstić information content (AvgIpc) is 2.45. The Morgan fingerprint density at radius 3 is 2.43 bits per heavy atom. The third kappa shape index (κ3) is 4.76. The van der Waals surface area contributed by atoms with Crippen LogP contribution in [0.25, 0.3) is 11.1 Å². The maximum Gasteiger partial charge on any atom is 0.123 e. The molecule has 4 nitrogen and oxygen atoms in total. The minimum atomic E-state index is 0.0738. The van der Waals surface area contributed by atoms with Crippen molar-refractivity contribution in [2.45, 2.75) is 26.3 Å². The largest absolute Gasteiger partial charge is 0.492 e. The quantitative estimate of drug-likeness (QED) is 0.855. The van der Waals surface area contributed by atoms with E-state index in [0.717, 1.165) is 23.3 Å². The number of hydrogen-bond donors (Lipinski definition) is 2. The molecule has 1 atom stereocenters. The maximum atomic E-state index is 6.01. The molecule has 0 unspecified atom stereocenters. The van der Waals surface area contributed by atoms with E-state index in [2.05, 4.69) is 18.8 Å². The van der Waals surface area contributed by atoms with Crippen LogP contribution in [0.4, 0.5) is 5.82 Å². The highest BCUT2D eigenvalue weighted by atomic mass is 16.5. The number of nitrogens with zero attached hydrogens (tertiary/aromatic N) is 1. The van der Waals surface area contributed by atoms with E-state index in [9.17, 15) is 0 Å². The predicted molar refractivity (Wildman–Crippen MR) is 87.0 cm³/mol. The van der Waals surface area contributed by atoms with Crippen molar-refractivity contribution in [3.8, 4) is 16.9 Å². The molecule has 4 N–H and O–H groups in total. The number of aromatic nitrogens is 1. The zero-order valence-electron chi connectivity index (χ0n) is 12.6. The summed E-state index contributed by atoms with van der Waals surface area (Å²) >= 11 is 0. The highest BCUT2D eigenvalue weighted by Gasteiger charge is 2.06. The fraction of sp³-hybridized carbons (Fsp3) is 0.353. The van der Waals surface area contributed by atoms with Gasteiger partial charge in [-0.15, -0.1) is 0 Å². The van der Waals surface area contributed by atoms with Gasteiger partial charge in [0.05, 0.1) is 0 Å². The average molecular weight is 285 g/mol. The Balaban J connectivity index is 1.96. The lowest BCUT2D eigenvalue weighted by Gasteiger charge is -2.15. The summed E-state index contributed by atoms with van der Waals surface area (Å²) in [5.74, 6) is 1.94. The second-order valence-electron chi connectivity index (χ2n) is 5.69. The van der Waals surface area contributed by atoms with E-state index < -0.39 is 0 Å². The van der Waals surface area contributed by atoms with Crippen molar-refractivity contribution in [3.05, 3.63) is 42.6 Å². The predicted octanol–water partition coefficient (Wildman–Crippen LogP) is 3.08. The van der Waals surface area contributed by atoms with Gasteiger partial charge in [-0.05, 0) is 47.7 Å². The lowest BCUT2D eigenvalue weighted by molar-refractivity contribution is 0.271. The van der Waals surface area contributed by atoms with Gasteiger partial charge in [0.25, 0.3) is 0 Å². The second kappa shape index (κ2) is 7.09. The third-order valence-electron chi connectivity index (χ3n) is 3.21. The van der Waals surface area contributed by atoms with Crippen molar-refractivity contribution in [1.82, 2.24) is 4.98 Å².